The van der Waals surface area contributed by atoms with E-state index in [-0.39, 0.29) is 12.5 Å². The van der Waals surface area contributed by atoms with E-state index >= 15 is 0 Å². The molecule has 0 fully saturated rings. The molecule has 0 saturated carbocycles. The molecule has 88 valence electrons. The molecule has 0 spiro atoms. The summed E-state index contributed by atoms with van der Waals surface area (Å²) in [4.78, 5) is 19.4. The molecule has 1 rings (SSSR count). The van der Waals surface area contributed by atoms with Crippen LogP contribution in [0.2, 0.25) is 0 Å². The Labute approximate surface area is 95.7 Å². The van der Waals surface area contributed by atoms with Crippen molar-refractivity contribution in [2.45, 2.75) is 20.8 Å². The van der Waals surface area contributed by atoms with Crippen molar-refractivity contribution in [2.24, 2.45) is 5.92 Å². The first-order chi connectivity index (χ1) is 7.58. The number of carbonyl (C=O) groups excluding carboxylic acids is 1. The summed E-state index contributed by atoms with van der Waals surface area (Å²) >= 11 is 0. The van der Waals surface area contributed by atoms with E-state index in [2.05, 4.69) is 34.4 Å². The van der Waals surface area contributed by atoms with Gasteiger partial charge in [-0.2, -0.15) is 0 Å². The average molecular weight is 222 g/mol. The van der Waals surface area contributed by atoms with Crippen LogP contribution in [0.3, 0.4) is 0 Å². The molecule has 0 unspecified atom stereocenters. The molecule has 0 radical (unpaired) electrons. The molecule has 0 atom stereocenters. The lowest BCUT2D eigenvalue weighted by Gasteiger charge is -2.08. The third-order valence-corrected chi connectivity index (χ3v) is 1.90. The van der Waals surface area contributed by atoms with Crippen LogP contribution in [-0.2, 0) is 4.79 Å². The smallest absolute Gasteiger partial charge is 0.239 e. The van der Waals surface area contributed by atoms with Crippen LogP contribution in [0.4, 0.5) is 5.95 Å². The molecule has 0 saturated heterocycles. The fraction of sp³-hybridized carbons (Fsp3) is 0.545. The normalized spacial score (nSPS) is 10.2. The number of aromatic nitrogens is 2. The molecule has 16 heavy (non-hydrogen) atoms. The minimum absolute atomic E-state index is 0.0436. The Morgan fingerprint density at radius 1 is 1.38 bits per heavy atom. The highest BCUT2D eigenvalue weighted by Gasteiger charge is 2.02. The average Bonchev–Trinajstić information content (AvgIpc) is 2.25. The van der Waals surface area contributed by atoms with Gasteiger partial charge in [0.05, 0.1) is 6.54 Å². The van der Waals surface area contributed by atoms with Gasteiger partial charge in [0.2, 0.25) is 11.9 Å². The second-order valence-electron chi connectivity index (χ2n) is 4.14. The zero-order chi connectivity index (χ0) is 12.0. The van der Waals surface area contributed by atoms with Crippen molar-refractivity contribution < 1.29 is 4.79 Å². The molecule has 5 heteroatoms. The van der Waals surface area contributed by atoms with Gasteiger partial charge in [0.25, 0.3) is 0 Å². The number of nitrogens with zero attached hydrogens (tertiary/aromatic N) is 2. The maximum atomic E-state index is 11.4. The van der Waals surface area contributed by atoms with Crippen molar-refractivity contribution in [3.63, 3.8) is 0 Å². The van der Waals surface area contributed by atoms with Gasteiger partial charge in [0.15, 0.2) is 0 Å². The molecule has 2 N–H and O–H groups in total. The first-order valence-electron chi connectivity index (χ1n) is 5.37. The zero-order valence-corrected chi connectivity index (χ0v) is 9.95. The number of nitrogens with one attached hydrogen (secondary N) is 2. The number of hydrogen-bond acceptors (Lipinski definition) is 4. The summed E-state index contributed by atoms with van der Waals surface area (Å²) in [6, 6.07) is 0. The minimum atomic E-state index is -0.0436. The van der Waals surface area contributed by atoms with E-state index in [9.17, 15) is 4.79 Å². The summed E-state index contributed by atoms with van der Waals surface area (Å²) in [6.45, 7) is 6.91. The van der Waals surface area contributed by atoms with Gasteiger partial charge in [0, 0.05) is 18.9 Å². The number of amides is 1. The predicted octanol–water partition coefficient (Wildman–Crippen LogP) is 0.969. The van der Waals surface area contributed by atoms with Gasteiger partial charge >= 0.3 is 0 Å². The molecule has 0 bridgehead atoms. The van der Waals surface area contributed by atoms with Crippen molar-refractivity contribution in [1.82, 2.24) is 15.3 Å². The van der Waals surface area contributed by atoms with E-state index in [1.54, 1.807) is 12.4 Å². The molecule has 5 nitrogen and oxygen atoms in total. The summed E-state index contributed by atoms with van der Waals surface area (Å²) in [6.07, 6.45) is 3.42. The second kappa shape index (κ2) is 6.05. The van der Waals surface area contributed by atoms with Crippen LogP contribution in [0.5, 0.6) is 0 Å². The molecular weight excluding hydrogens is 204 g/mol. The lowest BCUT2D eigenvalue weighted by molar-refractivity contribution is -0.119. The largest absolute Gasteiger partial charge is 0.354 e. The van der Waals surface area contributed by atoms with Crippen molar-refractivity contribution in [3.05, 3.63) is 18.0 Å². The van der Waals surface area contributed by atoms with Crippen LogP contribution < -0.4 is 10.6 Å². The first kappa shape index (κ1) is 12.4. The number of anilines is 1. The van der Waals surface area contributed by atoms with Gasteiger partial charge in [-0.3, -0.25) is 4.79 Å². The van der Waals surface area contributed by atoms with Crippen molar-refractivity contribution in [3.8, 4) is 0 Å². The van der Waals surface area contributed by atoms with E-state index in [1.807, 2.05) is 6.92 Å². The Hall–Kier alpha value is -1.65. The first-order valence-corrected chi connectivity index (χ1v) is 5.37. The van der Waals surface area contributed by atoms with Gasteiger partial charge in [-0.1, -0.05) is 13.8 Å². The highest BCUT2D eigenvalue weighted by molar-refractivity contribution is 5.80. The molecule has 1 amide bonds. The summed E-state index contributed by atoms with van der Waals surface area (Å²) in [5, 5.41) is 5.67. The number of rotatable bonds is 5. The van der Waals surface area contributed by atoms with Gasteiger partial charge in [0.1, 0.15) is 0 Å². The lowest BCUT2D eigenvalue weighted by Crippen LogP contribution is -2.32. The van der Waals surface area contributed by atoms with Gasteiger partial charge in [-0.15, -0.1) is 0 Å². The predicted molar refractivity (Wildman–Crippen MR) is 63.1 cm³/mol. The van der Waals surface area contributed by atoms with Crippen molar-refractivity contribution >= 4 is 11.9 Å². The Morgan fingerprint density at radius 3 is 2.56 bits per heavy atom. The summed E-state index contributed by atoms with van der Waals surface area (Å²) in [7, 11) is 0. The summed E-state index contributed by atoms with van der Waals surface area (Å²) in [5.74, 6) is 0.891. The Morgan fingerprint density at radius 2 is 2.00 bits per heavy atom. The quantitative estimate of drug-likeness (QED) is 0.779. The van der Waals surface area contributed by atoms with E-state index in [0.717, 1.165) is 5.56 Å². The van der Waals surface area contributed by atoms with Crippen molar-refractivity contribution in [1.29, 1.82) is 0 Å². The highest BCUT2D eigenvalue weighted by atomic mass is 16.1. The molecule has 0 aliphatic carbocycles. The van der Waals surface area contributed by atoms with E-state index < -0.39 is 0 Å². The van der Waals surface area contributed by atoms with E-state index in [4.69, 9.17) is 0 Å². The van der Waals surface area contributed by atoms with Gasteiger partial charge in [-0.25, -0.2) is 9.97 Å². The molecular formula is C11H18N4O. The second-order valence-corrected chi connectivity index (χ2v) is 4.14. The van der Waals surface area contributed by atoms with Crippen LogP contribution >= 0.6 is 0 Å². The fourth-order valence-electron chi connectivity index (χ4n) is 1.02. The van der Waals surface area contributed by atoms with Crippen LogP contribution in [0, 0.1) is 12.8 Å². The summed E-state index contributed by atoms with van der Waals surface area (Å²) < 4.78 is 0. The number of carbonyl (C=O) groups is 1. The standard InChI is InChI=1S/C11H18N4O/c1-8(2)4-12-10(16)7-15-11-13-5-9(3)6-14-11/h5-6,8H,4,7H2,1-3H3,(H,12,16)(H,13,14,15). The Bertz CT molecular complexity index is 334. The monoisotopic (exact) mass is 222 g/mol. The topological polar surface area (TPSA) is 66.9 Å². The van der Waals surface area contributed by atoms with E-state index in [0.29, 0.717) is 18.4 Å². The molecule has 1 aromatic heterocycles. The molecule has 0 aromatic carbocycles. The zero-order valence-electron chi connectivity index (χ0n) is 9.95. The number of aryl methyl sites for hydroxylation is 1. The third kappa shape index (κ3) is 4.72. The molecule has 0 aliphatic heterocycles. The molecule has 0 aliphatic rings. The van der Waals surface area contributed by atoms with Gasteiger partial charge < -0.3 is 10.6 Å². The molecule has 1 heterocycles. The van der Waals surface area contributed by atoms with Crippen LogP contribution in [0.15, 0.2) is 12.4 Å². The fourth-order valence-corrected chi connectivity index (χ4v) is 1.02. The lowest BCUT2D eigenvalue weighted by atomic mass is 10.2. The Kier molecular flexibility index (Phi) is 4.69. The van der Waals surface area contributed by atoms with Crippen LogP contribution in [-0.4, -0.2) is 29.0 Å². The van der Waals surface area contributed by atoms with Crippen LogP contribution in [0.1, 0.15) is 19.4 Å². The van der Waals surface area contributed by atoms with Crippen molar-refractivity contribution in [2.75, 3.05) is 18.4 Å². The van der Waals surface area contributed by atoms with E-state index in [1.165, 1.54) is 0 Å². The SMILES string of the molecule is Cc1cnc(NCC(=O)NCC(C)C)nc1. The Balaban J connectivity index is 2.29. The van der Waals surface area contributed by atoms with Crippen LogP contribution in [0.25, 0.3) is 0 Å². The highest BCUT2D eigenvalue weighted by Crippen LogP contribution is 1.97. The maximum absolute atomic E-state index is 11.4. The minimum Gasteiger partial charge on any atom is -0.354 e. The number of hydrogen-bond donors (Lipinski definition) is 2. The molecule has 1 aromatic rings. The van der Waals surface area contributed by atoms with Gasteiger partial charge in [-0.05, 0) is 18.4 Å². The summed E-state index contributed by atoms with van der Waals surface area (Å²) in [5.41, 5.74) is 0.995. The maximum Gasteiger partial charge on any atom is 0.239 e. The third-order valence-electron chi connectivity index (χ3n) is 1.90.